The van der Waals surface area contributed by atoms with E-state index in [1.165, 1.54) is 18.2 Å². The van der Waals surface area contributed by atoms with Crippen LogP contribution in [0.3, 0.4) is 0 Å². The first-order valence-electron chi connectivity index (χ1n) is 7.73. The molecule has 0 bridgehead atoms. The number of nitrogens with one attached hydrogen (secondary N) is 1. The molecule has 1 aromatic carbocycles. The van der Waals surface area contributed by atoms with Crippen LogP contribution in [0.1, 0.15) is 0 Å². The molecule has 0 fully saturated rings. The molecule has 0 aliphatic rings. The van der Waals surface area contributed by atoms with Crippen LogP contribution < -0.4 is 19.2 Å². The molecule has 16 heteroatoms. The van der Waals surface area contributed by atoms with Crippen LogP contribution in [-0.2, 0) is 0 Å². The summed E-state index contributed by atoms with van der Waals surface area (Å²) in [6, 6.07) is 3.67. The number of rotatable bonds is 6. The Kier molecular flexibility index (Phi) is 8.05. The number of hydrogen-bond acceptors (Lipinski definition) is 5. The minimum atomic E-state index is -4.75. The van der Waals surface area contributed by atoms with Gasteiger partial charge in [0.1, 0.15) is 0 Å². The first-order chi connectivity index (χ1) is 14.2. The topological polar surface area (TPSA) is 76.6 Å². The molecule has 1 N–H and O–H groups in total. The summed E-state index contributed by atoms with van der Waals surface area (Å²) >= 11 is 14.9. The number of benzene rings is 1. The number of aromatic nitrogens is 2. The Labute approximate surface area is 188 Å². The molecule has 1 aromatic heterocycles. The third-order valence-electron chi connectivity index (χ3n) is 2.97. The van der Waals surface area contributed by atoms with Gasteiger partial charge < -0.3 is 9.47 Å². The van der Waals surface area contributed by atoms with Crippen molar-refractivity contribution in [2.75, 3.05) is 22.9 Å². The number of alkyl halides is 6. The van der Waals surface area contributed by atoms with Gasteiger partial charge in [-0.15, -0.1) is 0 Å². The van der Waals surface area contributed by atoms with Crippen LogP contribution in [0.2, 0.25) is 5.02 Å². The molecule has 0 unspecified atom stereocenters. The quantitative estimate of drug-likeness (QED) is 0.350. The van der Waals surface area contributed by atoms with Crippen molar-refractivity contribution in [1.82, 2.24) is 9.97 Å². The molecule has 0 spiro atoms. The smallest absolute Gasteiger partial charge is 0.422 e. The minimum absolute atomic E-state index is 0.0883. The molecule has 0 radical (unpaired) electrons. The second kappa shape index (κ2) is 9.96. The van der Waals surface area contributed by atoms with Crippen molar-refractivity contribution in [3.05, 3.63) is 33.8 Å². The molecule has 0 aliphatic carbocycles. The number of ether oxygens (including phenoxy) is 2. The summed E-state index contributed by atoms with van der Waals surface area (Å²) in [5, 5.41) is 2.21. The molecule has 31 heavy (non-hydrogen) atoms. The number of carbonyl (C=O) groups excluding carboxylic acids is 1. The summed E-state index contributed by atoms with van der Waals surface area (Å²) in [6.45, 7) is -3.59. The van der Waals surface area contributed by atoms with E-state index >= 15 is 0 Å². The van der Waals surface area contributed by atoms with E-state index in [1.807, 2.05) is 5.32 Å². The Balaban J connectivity index is 2.23. The van der Waals surface area contributed by atoms with Crippen molar-refractivity contribution < 1.29 is 40.6 Å². The minimum Gasteiger partial charge on any atom is -0.468 e. The van der Waals surface area contributed by atoms with Gasteiger partial charge in [0.15, 0.2) is 13.2 Å². The van der Waals surface area contributed by atoms with Gasteiger partial charge in [-0.2, -0.15) is 36.3 Å². The van der Waals surface area contributed by atoms with Gasteiger partial charge in [-0.25, -0.2) is 9.21 Å². The molecule has 170 valence electrons. The molecule has 7 nitrogen and oxygen atoms in total. The van der Waals surface area contributed by atoms with Crippen molar-refractivity contribution in [1.29, 1.82) is 0 Å². The number of anilines is 2. The van der Waals surface area contributed by atoms with E-state index in [4.69, 9.17) is 23.4 Å². The van der Waals surface area contributed by atoms with Crippen molar-refractivity contribution in [3.63, 3.8) is 0 Å². The molecule has 2 aromatic rings. The summed E-state index contributed by atoms with van der Waals surface area (Å²) in [5.74, 6) is -2.32. The Bertz CT molecular complexity index is 912. The largest absolute Gasteiger partial charge is 0.468 e. The first-order valence-corrected chi connectivity index (χ1v) is 9.24. The highest BCUT2D eigenvalue weighted by molar-refractivity contribution is 9.10. The summed E-state index contributed by atoms with van der Waals surface area (Å²) < 4.78 is 83.9. The van der Waals surface area contributed by atoms with Gasteiger partial charge in [0.05, 0.1) is 16.8 Å². The van der Waals surface area contributed by atoms with Gasteiger partial charge in [-0.1, -0.05) is 11.6 Å². The number of amides is 2. The van der Waals surface area contributed by atoms with Crippen molar-refractivity contribution in [3.8, 4) is 11.8 Å². The van der Waals surface area contributed by atoms with Gasteiger partial charge in [0.25, 0.3) is 0 Å². The van der Waals surface area contributed by atoms with Crippen molar-refractivity contribution >= 4 is 57.0 Å². The van der Waals surface area contributed by atoms with Crippen LogP contribution in [-0.4, -0.2) is 41.6 Å². The molecule has 0 saturated heterocycles. The molecule has 1 heterocycles. The molecule has 0 atom stereocenters. The SMILES string of the molecule is O=C(Nc1nc(OCC(F)(F)F)cc(OCC(F)(F)F)n1)N(Cl)c1ccc(Br)c(Cl)c1. The van der Waals surface area contributed by atoms with E-state index in [1.54, 1.807) is 0 Å². The van der Waals surface area contributed by atoms with Crippen LogP contribution in [0, 0.1) is 0 Å². The highest BCUT2D eigenvalue weighted by Gasteiger charge is 2.30. The normalized spacial score (nSPS) is 11.8. The van der Waals surface area contributed by atoms with Crippen LogP contribution in [0.4, 0.5) is 42.8 Å². The highest BCUT2D eigenvalue weighted by atomic mass is 79.9. The molecular weight excluding hydrogens is 549 g/mol. The second-order valence-electron chi connectivity index (χ2n) is 5.49. The predicted octanol–water partition coefficient (Wildman–Crippen LogP) is 5.97. The maximum absolute atomic E-state index is 12.4. The lowest BCUT2D eigenvalue weighted by atomic mass is 10.3. The summed E-state index contributed by atoms with van der Waals surface area (Å²) in [7, 11) is 0. The van der Waals surface area contributed by atoms with Crippen LogP contribution in [0.15, 0.2) is 28.7 Å². The Hall–Kier alpha value is -2.19. The van der Waals surface area contributed by atoms with Gasteiger partial charge in [-0.05, 0) is 34.1 Å². The van der Waals surface area contributed by atoms with E-state index < -0.39 is 49.3 Å². The fraction of sp³-hybridized carbons (Fsp3) is 0.267. The Morgan fingerprint density at radius 3 is 2.00 bits per heavy atom. The predicted molar refractivity (Wildman–Crippen MR) is 102 cm³/mol. The molecule has 2 rings (SSSR count). The Morgan fingerprint density at radius 2 is 1.55 bits per heavy atom. The Morgan fingerprint density at radius 1 is 1.03 bits per heavy atom. The zero-order valence-electron chi connectivity index (χ0n) is 14.7. The third kappa shape index (κ3) is 8.45. The van der Waals surface area contributed by atoms with Gasteiger partial charge in [0, 0.05) is 16.2 Å². The fourth-order valence-electron chi connectivity index (χ4n) is 1.79. The summed E-state index contributed by atoms with van der Waals surface area (Å²) in [6.07, 6.45) is -9.51. The fourth-order valence-corrected chi connectivity index (χ4v) is 2.36. The number of nitrogens with zero attached hydrogens (tertiary/aromatic N) is 3. The van der Waals surface area contributed by atoms with Crippen LogP contribution in [0.25, 0.3) is 0 Å². The molecular formula is C15H9BrCl2F6N4O3. The van der Waals surface area contributed by atoms with E-state index in [-0.39, 0.29) is 10.7 Å². The van der Waals surface area contributed by atoms with Crippen molar-refractivity contribution in [2.45, 2.75) is 12.4 Å². The highest BCUT2D eigenvalue weighted by Crippen LogP contribution is 2.29. The lowest BCUT2D eigenvalue weighted by molar-refractivity contribution is -0.154. The van der Waals surface area contributed by atoms with E-state index in [0.29, 0.717) is 15.0 Å². The monoisotopic (exact) mass is 556 g/mol. The number of halogens is 9. The lowest BCUT2D eigenvalue weighted by Crippen LogP contribution is -2.28. The number of carbonyl (C=O) groups is 1. The standard InChI is InChI=1S/C15H9BrCl2F6N4O3/c16-8-2-1-7(3-9(8)17)28(18)13(29)27-12-25-10(30-5-14(19,20)21)4-11(26-12)31-6-15(22,23)24/h1-4H,5-6H2,(H,25,26,27,29). The maximum Gasteiger partial charge on any atom is 0.422 e. The van der Waals surface area contributed by atoms with E-state index in [9.17, 15) is 31.1 Å². The maximum atomic E-state index is 12.4. The molecule has 0 aliphatic heterocycles. The van der Waals surface area contributed by atoms with Gasteiger partial charge >= 0.3 is 18.4 Å². The molecule has 0 saturated carbocycles. The second-order valence-corrected chi connectivity index (χ2v) is 7.08. The van der Waals surface area contributed by atoms with Gasteiger partial charge in [0.2, 0.25) is 17.7 Å². The molecule has 2 amide bonds. The van der Waals surface area contributed by atoms with Crippen LogP contribution in [0.5, 0.6) is 11.8 Å². The zero-order valence-corrected chi connectivity index (χ0v) is 17.8. The zero-order chi connectivity index (χ0) is 23.4. The first kappa shape index (κ1) is 25.1. The number of hydrogen-bond donors (Lipinski definition) is 1. The summed E-state index contributed by atoms with van der Waals surface area (Å²) in [5.41, 5.74) is 0.0883. The third-order valence-corrected chi connectivity index (χ3v) is 4.55. The van der Waals surface area contributed by atoms with Gasteiger partial charge in [-0.3, -0.25) is 5.32 Å². The summed E-state index contributed by atoms with van der Waals surface area (Å²) in [4.78, 5) is 19.2. The number of urea groups is 1. The van der Waals surface area contributed by atoms with E-state index in [0.717, 1.165) is 0 Å². The van der Waals surface area contributed by atoms with E-state index in [2.05, 4.69) is 35.4 Å². The average Bonchev–Trinajstić information content (AvgIpc) is 2.65. The van der Waals surface area contributed by atoms with Crippen LogP contribution >= 0.6 is 39.3 Å². The van der Waals surface area contributed by atoms with Crippen molar-refractivity contribution in [2.24, 2.45) is 0 Å². The lowest BCUT2D eigenvalue weighted by Gasteiger charge is -2.16. The average molecular weight is 558 g/mol.